The van der Waals surface area contributed by atoms with E-state index in [1.165, 1.54) is 16.5 Å². The number of hydrogen-bond donors (Lipinski definition) is 1. The summed E-state index contributed by atoms with van der Waals surface area (Å²) in [5.74, 6) is 0. The summed E-state index contributed by atoms with van der Waals surface area (Å²) in [4.78, 5) is 2.56. The summed E-state index contributed by atoms with van der Waals surface area (Å²) in [6.07, 6.45) is 2.26. The molecule has 0 bridgehead atoms. The predicted octanol–water partition coefficient (Wildman–Crippen LogP) is 3.96. The molecule has 0 amide bonds. The van der Waals surface area contributed by atoms with Crippen molar-refractivity contribution in [3.8, 4) is 0 Å². The molecule has 2 unspecified atom stereocenters. The summed E-state index contributed by atoms with van der Waals surface area (Å²) in [7, 11) is 0. The summed E-state index contributed by atoms with van der Waals surface area (Å²) in [6, 6.07) is 9.00. The highest BCUT2D eigenvalue weighted by molar-refractivity contribution is 9.10. The van der Waals surface area contributed by atoms with Crippen LogP contribution in [-0.4, -0.2) is 24.0 Å². The van der Waals surface area contributed by atoms with Crippen molar-refractivity contribution in [1.29, 1.82) is 0 Å². The number of nitrogens with zero attached hydrogens (tertiary/aromatic N) is 1. The minimum Gasteiger partial charge on any atom is -0.326 e. The lowest BCUT2D eigenvalue weighted by Crippen LogP contribution is -2.40. The molecule has 0 aromatic heterocycles. The molecule has 3 heteroatoms. The van der Waals surface area contributed by atoms with Gasteiger partial charge in [-0.05, 0) is 36.4 Å². The Morgan fingerprint density at radius 3 is 2.58 bits per heavy atom. The average Bonchev–Trinajstić information content (AvgIpc) is 2.72. The first-order valence-corrected chi connectivity index (χ1v) is 7.98. The zero-order chi connectivity index (χ0) is 14.0. The van der Waals surface area contributed by atoms with Crippen molar-refractivity contribution >= 4 is 15.9 Å². The van der Waals surface area contributed by atoms with Gasteiger partial charge < -0.3 is 5.73 Å². The van der Waals surface area contributed by atoms with Gasteiger partial charge in [0.25, 0.3) is 0 Å². The molecule has 1 saturated heterocycles. The van der Waals surface area contributed by atoms with Crippen molar-refractivity contribution in [2.24, 2.45) is 11.1 Å². The number of benzene rings is 1. The first-order chi connectivity index (χ1) is 8.94. The van der Waals surface area contributed by atoms with E-state index in [0.717, 1.165) is 19.5 Å². The molecule has 0 saturated carbocycles. The normalized spacial score (nSPS) is 22.4. The van der Waals surface area contributed by atoms with Crippen LogP contribution in [0.25, 0.3) is 0 Å². The molecule has 1 heterocycles. The maximum absolute atomic E-state index is 6.42. The van der Waals surface area contributed by atoms with Gasteiger partial charge in [-0.1, -0.05) is 54.9 Å². The number of nitrogens with two attached hydrogens (primary N) is 1. The van der Waals surface area contributed by atoms with Gasteiger partial charge in [-0.2, -0.15) is 0 Å². The minimum atomic E-state index is 0.188. The molecule has 106 valence electrons. The van der Waals surface area contributed by atoms with E-state index in [1.807, 2.05) is 0 Å². The number of likely N-dealkylation sites (tertiary alicyclic amines) is 1. The van der Waals surface area contributed by atoms with Crippen LogP contribution in [0.1, 0.15) is 45.2 Å². The molecule has 1 aromatic rings. The molecule has 1 aliphatic rings. The Hall–Kier alpha value is -0.380. The second kappa shape index (κ2) is 5.94. The summed E-state index contributed by atoms with van der Waals surface area (Å²) >= 11 is 3.69. The van der Waals surface area contributed by atoms with Crippen LogP contribution in [0.3, 0.4) is 0 Å². The van der Waals surface area contributed by atoms with Crippen molar-refractivity contribution < 1.29 is 0 Å². The van der Waals surface area contributed by atoms with Gasteiger partial charge in [-0.3, -0.25) is 4.90 Å². The second-order valence-electron chi connectivity index (χ2n) is 6.42. The van der Waals surface area contributed by atoms with Crippen LogP contribution in [0.5, 0.6) is 0 Å². The highest BCUT2D eigenvalue weighted by Crippen LogP contribution is 2.38. The van der Waals surface area contributed by atoms with E-state index >= 15 is 0 Å². The topological polar surface area (TPSA) is 29.3 Å². The standard InChI is InChI=1S/C16H25BrN2/c1-4-14(18)15(12-7-5-6-8-13(12)17)19-10-9-16(2,3)11-19/h5-8,14-15H,4,9-11,18H2,1-3H3. The SMILES string of the molecule is CCC(N)C(c1ccccc1Br)N1CCC(C)(C)C1. The van der Waals surface area contributed by atoms with Crippen LogP contribution < -0.4 is 5.73 Å². The lowest BCUT2D eigenvalue weighted by Gasteiger charge is -2.34. The van der Waals surface area contributed by atoms with Crippen LogP contribution in [0.2, 0.25) is 0 Å². The van der Waals surface area contributed by atoms with E-state index in [1.54, 1.807) is 0 Å². The first-order valence-electron chi connectivity index (χ1n) is 7.18. The van der Waals surface area contributed by atoms with Gasteiger partial charge >= 0.3 is 0 Å². The Bertz CT molecular complexity index is 431. The van der Waals surface area contributed by atoms with Crippen LogP contribution in [0, 0.1) is 5.41 Å². The maximum Gasteiger partial charge on any atom is 0.0510 e. The van der Waals surface area contributed by atoms with Gasteiger partial charge in [-0.15, -0.1) is 0 Å². The van der Waals surface area contributed by atoms with Gasteiger partial charge in [0.15, 0.2) is 0 Å². The fraction of sp³-hybridized carbons (Fsp3) is 0.625. The highest BCUT2D eigenvalue weighted by Gasteiger charge is 2.36. The maximum atomic E-state index is 6.42. The smallest absolute Gasteiger partial charge is 0.0510 e. The molecular formula is C16H25BrN2. The third-order valence-electron chi connectivity index (χ3n) is 4.20. The van der Waals surface area contributed by atoms with Gasteiger partial charge in [0, 0.05) is 17.1 Å². The molecule has 0 radical (unpaired) electrons. The molecular weight excluding hydrogens is 300 g/mol. The molecule has 2 atom stereocenters. The Kier molecular flexibility index (Phi) is 4.70. The van der Waals surface area contributed by atoms with Gasteiger partial charge in [0.05, 0.1) is 6.04 Å². The minimum absolute atomic E-state index is 0.188. The van der Waals surface area contributed by atoms with E-state index in [9.17, 15) is 0 Å². The fourth-order valence-corrected chi connectivity index (χ4v) is 3.55. The van der Waals surface area contributed by atoms with Crippen molar-refractivity contribution in [2.45, 2.75) is 45.7 Å². The summed E-state index contributed by atoms with van der Waals surface area (Å²) in [6.45, 7) is 9.15. The zero-order valence-electron chi connectivity index (χ0n) is 12.2. The van der Waals surface area contributed by atoms with Gasteiger partial charge in [-0.25, -0.2) is 0 Å². The van der Waals surface area contributed by atoms with Gasteiger partial charge in [0.1, 0.15) is 0 Å². The molecule has 1 fully saturated rings. The van der Waals surface area contributed by atoms with E-state index in [-0.39, 0.29) is 6.04 Å². The van der Waals surface area contributed by atoms with Crippen molar-refractivity contribution in [3.05, 3.63) is 34.3 Å². The van der Waals surface area contributed by atoms with Crippen LogP contribution in [-0.2, 0) is 0 Å². The summed E-state index contributed by atoms with van der Waals surface area (Å²) in [5, 5.41) is 0. The lowest BCUT2D eigenvalue weighted by atomic mass is 9.92. The number of rotatable bonds is 4. The van der Waals surface area contributed by atoms with Crippen molar-refractivity contribution in [3.63, 3.8) is 0 Å². The predicted molar refractivity (Wildman–Crippen MR) is 85.1 cm³/mol. The largest absolute Gasteiger partial charge is 0.326 e. The molecule has 1 aliphatic heterocycles. The molecule has 2 nitrogen and oxygen atoms in total. The number of halogens is 1. The first kappa shape index (κ1) is 15.0. The third kappa shape index (κ3) is 3.39. The van der Waals surface area contributed by atoms with Crippen LogP contribution in [0.15, 0.2) is 28.7 Å². The fourth-order valence-electron chi connectivity index (χ4n) is 3.03. The monoisotopic (exact) mass is 324 g/mol. The Morgan fingerprint density at radius 1 is 1.37 bits per heavy atom. The molecule has 2 N–H and O–H groups in total. The van der Waals surface area contributed by atoms with E-state index in [2.05, 4.69) is 65.9 Å². The Labute approximate surface area is 125 Å². The molecule has 0 spiro atoms. The highest BCUT2D eigenvalue weighted by atomic mass is 79.9. The molecule has 2 rings (SSSR count). The van der Waals surface area contributed by atoms with E-state index < -0.39 is 0 Å². The molecule has 0 aliphatic carbocycles. The lowest BCUT2D eigenvalue weighted by molar-refractivity contribution is 0.188. The Balaban J connectivity index is 2.30. The van der Waals surface area contributed by atoms with Crippen LogP contribution >= 0.6 is 15.9 Å². The van der Waals surface area contributed by atoms with Crippen molar-refractivity contribution in [1.82, 2.24) is 4.90 Å². The Morgan fingerprint density at radius 2 is 2.05 bits per heavy atom. The average molecular weight is 325 g/mol. The molecule has 1 aromatic carbocycles. The zero-order valence-corrected chi connectivity index (χ0v) is 13.8. The molecule has 19 heavy (non-hydrogen) atoms. The van der Waals surface area contributed by atoms with E-state index in [4.69, 9.17) is 5.73 Å². The summed E-state index contributed by atoms with van der Waals surface area (Å²) in [5.41, 5.74) is 8.16. The second-order valence-corrected chi connectivity index (χ2v) is 7.28. The van der Waals surface area contributed by atoms with E-state index in [0.29, 0.717) is 11.5 Å². The van der Waals surface area contributed by atoms with Gasteiger partial charge in [0.2, 0.25) is 0 Å². The number of hydrogen-bond acceptors (Lipinski definition) is 2. The van der Waals surface area contributed by atoms with Crippen LogP contribution in [0.4, 0.5) is 0 Å². The summed E-state index contributed by atoms with van der Waals surface area (Å²) < 4.78 is 1.17. The third-order valence-corrected chi connectivity index (χ3v) is 4.92. The van der Waals surface area contributed by atoms with Crippen molar-refractivity contribution in [2.75, 3.05) is 13.1 Å². The quantitative estimate of drug-likeness (QED) is 0.908.